The number of rotatable bonds is 41. The Hall–Kier alpha value is -2.06. The molecule has 2 atom stereocenters. The molecule has 0 saturated carbocycles. The van der Waals surface area contributed by atoms with Gasteiger partial charge in [-0.25, -0.2) is 0 Å². The molecule has 0 aromatic heterocycles. The third kappa shape index (κ3) is 44.9. The van der Waals surface area contributed by atoms with Crippen molar-refractivity contribution in [2.24, 2.45) is 0 Å². The second kappa shape index (κ2) is 40.7. The number of hydrogen-bond donors (Lipinski definition) is 0. The fourth-order valence-electron chi connectivity index (χ4n) is 5.77. The van der Waals surface area contributed by atoms with Gasteiger partial charge < -0.3 is 27.9 Å². The van der Waals surface area contributed by atoms with Crippen molar-refractivity contribution in [2.45, 2.75) is 174 Å². The summed E-state index contributed by atoms with van der Waals surface area (Å²) in [4.78, 5) is 25.0. The zero-order chi connectivity index (χ0) is 42.0. The van der Waals surface area contributed by atoms with Gasteiger partial charge in [0, 0.05) is 13.0 Å². The molecule has 57 heavy (non-hydrogen) atoms. The third-order valence-electron chi connectivity index (χ3n) is 9.26. The van der Waals surface area contributed by atoms with Gasteiger partial charge >= 0.3 is 5.97 Å². The van der Waals surface area contributed by atoms with E-state index in [0.29, 0.717) is 24.1 Å². The average Bonchev–Trinajstić information content (AvgIpc) is 3.16. The number of allylic oxidation sites excluding steroid dienone is 12. The van der Waals surface area contributed by atoms with Gasteiger partial charge in [0.05, 0.1) is 34.4 Å². The predicted octanol–water partition coefficient (Wildman–Crippen LogP) is 12.9. The van der Waals surface area contributed by atoms with Crippen LogP contribution in [0.5, 0.6) is 0 Å². The van der Waals surface area contributed by atoms with Gasteiger partial charge in [-0.1, -0.05) is 164 Å². The molecule has 330 valence electrons. The molecule has 0 aromatic rings. The van der Waals surface area contributed by atoms with Crippen LogP contribution in [0.2, 0.25) is 0 Å². The van der Waals surface area contributed by atoms with Crippen molar-refractivity contribution in [3.8, 4) is 0 Å². The van der Waals surface area contributed by atoms with Crippen LogP contribution in [0, 0.1) is 0 Å². The topological polar surface area (TPSA) is 94.1 Å². The Kier molecular flexibility index (Phi) is 39.2. The Balaban J connectivity index is 4.24. The highest BCUT2D eigenvalue weighted by atomic mass is 31.2. The lowest BCUT2D eigenvalue weighted by Crippen LogP contribution is -2.37. The molecule has 2 unspecified atom stereocenters. The van der Waals surface area contributed by atoms with E-state index in [1.807, 2.05) is 33.3 Å². The molecule has 0 aliphatic rings. The van der Waals surface area contributed by atoms with Gasteiger partial charge in [-0.15, -0.1) is 0 Å². The molecule has 0 radical (unpaired) electrons. The van der Waals surface area contributed by atoms with E-state index in [-0.39, 0.29) is 26.2 Å². The number of unbranched alkanes of at least 4 members (excludes halogenated alkanes) is 15. The van der Waals surface area contributed by atoms with Gasteiger partial charge in [0.25, 0.3) is 7.82 Å². The number of phosphoric ester groups is 1. The first kappa shape index (κ1) is 54.9. The quantitative estimate of drug-likeness (QED) is 0.0199. The minimum Gasteiger partial charge on any atom is -0.756 e. The molecule has 0 aliphatic heterocycles. The Labute approximate surface area is 351 Å². The number of quaternary nitrogens is 1. The van der Waals surface area contributed by atoms with E-state index in [4.69, 9.17) is 18.5 Å². The van der Waals surface area contributed by atoms with Gasteiger partial charge in [-0.2, -0.15) is 0 Å². The summed E-state index contributed by atoms with van der Waals surface area (Å²) < 4.78 is 34.5. The summed E-state index contributed by atoms with van der Waals surface area (Å²) in [7, 11) is 1.30. The van der Waals surface area contributed by atoms with E-state index in [1.165, 1.54) is 96.3 Å². The van der Waals surface area contributed by atoms with E-state index in [9.17, 15) is 14.3 Å². The van der Waals surface area contributed by atoms with Gasteiger partial charge in [0.1, 0.15) is 19.3 Å². The first-order valence-corrected chi connectivity index (χ1v) is 24.1. The molecule has 0 fully saturated rings. The molecule has 0 N–H and O–H groups in total. The summed E-state index contributed by atoms with van der Waals surface area (Å²) in [5.41, 5.74) is 0. The fraction of sp³-hybridized carbons (Fsp3) is 0.729. The normalized spacial score (nSPS) is 14.4. The summed E-state index contributed by atoms with van der Waals surface area (Å²) in [6.07, 6.45) is 52.3. The Morgan fingerprint density at radius 2 is 1.02 bits per heavy atom. The average molecular weight is 820 g/mol. The highest BCUT2D eigenvalue weighted by Gasteiger charge is 2.20. The molecule has 8 nitrogen and oxygen atoms in total. The summed E-state index contributed by atoms with van der Waals surface area (Å²) in [5, 5.41) is 0. The molecule has 0 rings (SSSR count). The maximum absolute atomic E-state index is 12.6. The van der Waals surface area contributed by atoms with Crippen molar-refractivity contribution in [1.82, 2.24) is 0 Å². The van der Waals surface area contributed by atoms with Crippen LogP contribution in [-0.4, -0.2) is 70.7 Å². The van der Waals surface area contributed by atoms with Crippen molar-refractivity contribution >= 4 is 13.8 Å². The van der Waals surface area contributed by atoms with Crippen LogP contribution in [0.25, 0.3) is 0 Å². The number of likely N-dealkylation sites (N-methyl/N-ethyl adjacent to an activating group) is 1. The van der Waals surface area contributed by atoms with Gasteiger partial charge in [0.2, 0.25) is 0 Å². The molecule has 0 amide bonds. The molecule has 9 heteroatoms. The molecule has 0 aromatic carbocycles. The monoisotopic (exact) mass is 820 g/mol. The number of esters is 1. The van der Waals surface area contributed by atoms with Crippen molar-refractivity contribution in [3.05, 3.63) is 72.9 Å². The Morgan fingerprint density at radius 3 is 1.53 bits per heavy atom. The first-order valence-electron chi connectivity index (χ1n) is 22.7. The van der Waals surface area contributed by atoms with Gasteiger partial charge in [-0.3, -0.25) is 9.36 Å². The van der Waals surface area contributed by atoms with E-state index in [2.05, 4.69) is 74.6 Å². The maximum atomic E-state index is 12.6. The highest BCUT2D eigenvalue weighted by Crippen LogP contribution is 2.38. The number of ether oxygens (including phenoxy) is 2. The van der Waals surface area contributed by atoms with Gasteiger partial charge in [-0.05, 0) is 70.6 Å². The van der Waals surface area contributed by atoms with Crippen LogP contribution in [0.15, 0.2) is 72.9 Å². The predicted molar refractivity (Wildman–Crippen MR) is 240 cm³/mol. The minimum atomic E-state index is -4.55. The standard InChI is InChI=1S/C48H86NO7P/c1-6-8-10-12-14-16-18-20-21-22-23-24-25-26-27-28-30-32-34-36-38-40-43-53-45-47(46-55-57(51,52)54-44-42-49(3,4)5)56-48(50)41-39-37-35-33-31-29-19-17-15-13-11-9-7-2/h9,11,15,17-18,20,22-23,29,31,35,37,47H,6-8,10,12-14,16,19,21,24-28,30,32-34,36,38-46H2,1-5H3/b11-9-,17-15-,20-18-,23-22-,31-29-,37-35-. The summed E-state index contributed by atoms with van der Waals surface area (Å²) in [6.45, 7) is 5.16. The summed E-state index contributed by atoms with van der Waals surface area (Å²) in [5.74, 6) is -0.417. The van der Waals surface area contributed by atoms with Crippen LogP contribution in [0.4, 0.5) is 0 Å². The van der Waals surface area contributed by atoms with E-state index in [1.54, 1.807) is 0 Å². The lowest BCUT2D eigenvalue weighted by molar-refractivity contribution is -0.870. The zero-order valence-electron chi connectivity index (χ0n) is 37.3. The molecule has 0 saturated heterocycles. The van der Waals surface area contributed by atoms with Gasteiger partial charge in [0.15, 0.2) is 0 Å². The number of carbonyl (C=O) groups is 1. The van der Waals surface area contributed by atoms with Crippen LogP contribution < -0.4 is 4.89 Å². The SMILES string of the molecule is CC/C=C\C/C=C\C/C=C\C/C=C\CCC(=O)OC(COCCCCCCCCCCCC/C=C\C/C=C\CCCCCCC)COP(=O)([O-])OCC[N+](C)(C)C. The van der Waals surface area contributed by atoms with Crippen molar-refractivity contribution in [2.75, 3.05) is 54.1 Å². The zero-order valence-corrected chi connectivity index (χ0v) is 38.2. The highest BCUT2D eigenvalue weighted by molar-refractivity contribution is 7.45. The Morgan fingerprint density at radius 1 is 0.561 bits per heavy atom. The van der Waals surface area contributed by atoms with Crippen LogP contribution in [0.1, 0.15) is 168 Å². The molecular weight excluding hydrogens is 734 g/mol. The molecule has 0 aliphatic carbocycles. The van der Waals surface area contributed by atoms with E-state index < -0.39 is 19.9 Å². The van der Waals surface area contributed by atoms with Crippen LogP contribution in [-0.2, 0) is 27.9 Å². The third-order valence-corrected chi connectivity index (χ3v) is 10.2. The Bertz CT molecular complexity index is 1140. The number of carbonyl (C=O) groups excluding carboxylic acids is 1. The molecule has 0 bridgehead atoms. The largest absolute Gasteiger partial charge is 0.756 e. The van der Waals surface area contributed by atoms with E-state index >= 15 is 0 Å². The lowest BCUT2D eigenvalue weighted by Gasteiger charge is -2.28. The molecule has 0 spiro atoms. The second-order valence-corrected chi connectivity index (χ2v) is 17.4. The molecule has 0 heterocycles. The van der Waals surface area contributed by atoms with Crippen molar-refractivity contribution < 1.29 is 37.3 Å². The second-order valence-electron chi connectivity index (χ2n) is 16.0. The smallest absolute Gasteiger partial charge is 0.306 e. The van der Waals surface area contributed by atoms with Crippen molar-refractivity contribution in [1.29, 1.82) is 0 Å². The number of nitrogens with zero attached hydrogens (tertiary/aromatic N) is 1. The molecular formula is C48H86NO7P. The van der Waals surface area contributed by atoms with Crippen molar-refractivity contribution in [3.63, 3.8) is 0 Å². The van der Waals surface area contributed by atoms with Crippen LogP contribution >= 0.6 is 7.82 Å². The fourth-order valence-corrected chi connectivity index (χ4v) is 6.49. The van der Waals surface area contributed by atoms with Crippen LogP contribution in [0.3, 0.4) is 0 Å². The first-order chi connectivity index (χ1) is 27.6. The number of phosphoric acid groups is 1. The van der Waals surface area contributed by atoms with E-state index in [0.717, 1.165) is 44.9 Å². The summed E-state index contributed by atoms with van der Waals surface area (Å²) in [6, 6.07) is 0. The maximum Gasteiger partial charge on any atom is 0.306 e. The summed E-state index contributed by atoms with van der Waals surface area (Å²) >= 11 is 0. The minimum absolute atomic E-state index is 0.00967. The lowest BCUT2D eigenvalue weighted by atomic mass is 10.1. The number of hydrogen-bond acceptors (Lipinski definition) is 7.